The Hall–Kier alpha value is -4.28. The summed E-state index contributed by atoms with van der Waals surface area (Å²) in [7, 11) is 1.55. The summed E-state index contributed by atoms with van der Waals surface area (Å²) in [4.78, 5) is 54.7. The largest absolute Gasteiger partial charge is 0.493 e. The Kier molecular flexibility index (Phi) is 12.0. The van der Waals surface area contributed by atoms with Crippen LogP contribution in [0.15, 0.2) is 42.5 Å². The number of rotatable bonds is 9. The number of aryl methyl sites for hydroxylation is 1. The lowest BCUT2D eigenvalue weighted by molar-refractivity contribution is -0.137. The van der Waals surface area contributed by atoms with Gasteiger partial charge in [-0.05, 0) is 56.0 Å². The quantitative estimate of drug-likeness (QED) is 0.387. The first-order chi connectivity index (χ1) is 20.1. The van der Waals surface area contributed by atoms with Crippen LogP contribution in [0.4, 0.5) is 0 Å². The van der Waals surface area contributed by atoms with Crippen molar-refractivity contribution in [1.82, 2.24) is 20.9 Å². The Balaban J connectivity index is 1.79. The third-order valence-corrected chi connectivity index (χ3v) is 6.77. The molecule has 0 bridgehead atoms. The Morgan fingerprint density at radius 1 is 1.12 bits per heavy atom. The molecular formula is C31H42N4O7. The molecule has 0 aromatic heterocycles. The van der Waals surface area contributed by atoms with Crippen molar-refractivity contribution in [3.05, 3.63) is 53.6 Å². The highest BCUT2D eigenvalue weighted by Gasteiger charge is 2.30. The molecule has 228 valence electrons. The number of carbonyl (C=O) groups is 4. The fourth-order valence-electron chi connectivity index (χ4n) is 4.62. The molecule has 0 spiro atoms. The van der Waals surface area contributed by atoms with Crippen molar-refractivity contribution >= 4 is 23.6 Å². The zero-order valence-corrected chi connectivity index (χ0v) is 25.0. The first-order valence-corrected chi connectivity index (χ1v) is 14.3. The summed E-state index contributed by atoms with van der Waals surface area (Å²) in [5.41, 5.74) is 1.23. The molecule has 1 heterocycles. The monoisotopic (exact) mass is 582 g/mol. The van der Waals surface area contributed by atoms with E-state index < -0.39 is 29.8 Å². The van der Waals surface area contributed by atoms with Gasteiger partial charge in [0.25, 0.3) is 5.91 Å². The highest BCUT2D eigenvalue weighted by atomic mass is 16.5. The third-order valence-electron chi connectivity index (χ3n) is 6.77. The van der Waals surface area contributed by atoms with Gasteiger partial charge < -0.3 is 35.1 Å². The van der Waals surface area contributed by atoms with E-state index in [1.54, 1.807) is 42.3 Å². The molecule has 0 saturated heterocycles. The van der Waals surface area contributed by atoms with Gasteiger partial charge in [-0.15, -0.1) is 0 Å². The van der Waals surface area contributed by atoms with Gasteiger partial charge in [0.05, 0.1) is 32.2 Å². The van der Waals surface area contributed by atoms with E-state index in [1.165, 1.54) is 0 Å². The van der Waals surface area contributed by atoms with E-state index in [0.717, 1.165) is 5.56 Å². The normalized spacial score (nSPS) is 18.2. The number of likely N-dealkylation sites (N-methyl/N-ethyl adjacent to an activating group) is 1. The molecular weight excluding hydrogens is 540 g/mol. The van der Waals surface area contributed by atoms with Crippen LogP contribution in [0, 0.1) is 12.8 Å². The van der Waals surface area contributed by atoms with Crippen LogP contribution in [0.3, 0.4) is 0 Å². The van der Waals surface area contributed by atoms with E-state index in [1.807, 2.05) is 39.8 Å². The number of carbonyl (C=O) groups excluding carboxylic acids is 4. The summed E-state index contributed by atoms with van der Waals surface area (Å²) in [5, 5.41) is 8.21. The summed E-state index contributed by atoms with van der Waals surface area (Å²) in [6.45, 7) is 8.84. The minimum absolute atomic E-state index is 0.115. The van der Waals surface area contributed by atoms with Crippen molar-refractivity contribution < 1.29 is 33.4 Å². The van der Waals surface area contributed by atoms with Gasteiger partial charge in [0.2, 0.25) is 17.7 Å². The highest BCUT2D eigenvalue weighted by Crippen LogP contribution is 2.27. The molecule has 11 nitrogen and oxygen atoms in total. The van der Waals surface area contributed by atoms with Gasteiger partial charge >= 0.3 is 0 Å². The smallest absolute Gasteiger partial charge is 0.255 e. The van der Waals surface area contributed by atoms with Crippen molar-refractivity contribution in [3.63, 3.8) is 0 Å². The Bertz CT molecular complexity index is 1250. The van der Waals surface area contributed by atoms with Crippen LogP contribution in [0.5, 0.6) is 17.2 Å². The predicted octanol–water partition coefficient (Wildman–Crippen LogP) is 2.46. The summed E-state index contributed by atoms with van der Waals surface area (Å²) < 4.78 is 17.0. The number of amides is 4. The second-order valence-electron chi connectivity index (χ2n) is 10.5. The Labute approximate surface area is 247 Å². The summed E-state index contributed by atoms with van der Waals surface area (Å²) >= 11 is 0. The number of benzene rings is 2. The van der Waals surface area contributed by atoms with E-state index in [9.17, 15) is 19.2 Å². The molecule has 0 fully saturated rings. The van der Waals surface area contributed by atoms with Crippen molar-refractivity contribution in [3.8, 4) is 17.2 Å². The topological polar surface area (TPSA) is 135 Å². The van der Waals surface area contributed by atoms with Crippen molar-refractivity contribution in [2.24, 2.45) is 5.92 Å². The first-order valence-electron chi connectivity index (χ1n) is 14.3. The number of para-hydroxylation sites is 1. The molecule has 42 heavy (non-hydrogen) atoms. The van der Waals surface area contributed by atoms with Crippen LogP contribution in [-0.2, 0) is 14.4 Å². The second-order valence-corrected chi connectivity index (χ2v) is 10.5. The van der Waals surface area contributed by atoms with Gasteiger partial charge in [-0.3, -0.25) is 19.2 Å². The van der Waals surface area contributed by atoms with Gasteiger partial charge in [-0.2, -0.15) is 0 Å². The molecule has 3 N–H and O–H groups in total. The molecule has 11 heteroatoms. The number of hydrogen-bond acceptors (Lipinski definition) is 7. The molecule has 0 radical (unpaired) electrons. The van der Waals surface area contributed by atoms with Gasteiger partial charge in [-0.25, -0.2) is 0 Å². The zero-order valence-electron chi connectivity index (χ0n) is 25.0. The molecule has 1 aliphatic rings. The number of nitrogens with one attached hydrogen (secondary N) is 3. The minimum Gasteiger partial charge on any atom is -0.493 e. The van der Waals surface area contributed by atoms with Crippen LogP contribution in [0.1, 0.15) is 49.5 Å². The highest BCUT2D eigenvalue weighted by molar-refractivity contribution is 6.01. The third kappa shape index (κ3) is 9.12. The molecule has 4 amide bonds. The Morgan fingerprint density at radius 2 is 1.88 bits per heavy atom. The fourth-order valence-corrected chi connectivity index (χ4v) is 4.62. The molecule has 2 aromatic carbocycles. The number of nitrogens with zero attached hydrogens (tertiary/aromatic N) is 1. The standard InChI is InChI=1S/C31H42N4O7/c1-6-35-14-16-42-25-10-8-7-9-22(25)29(37)34-23(19-28(36)33-24(31(35)39)17-20(2)3)30(38)32-13-15-41-26-12-11-21(4)18-27(26)40-5/h7-12,18,20,23-24H,6,13-17,19H2,1-5H3,(H,32,38)(H,33,36)(H,34,37)/t23-,24+/m0/s1. The lowest BCUT2D eigenvalue weighted by atomic mass is 10.0. The molecule has 0 unspecified atom stereocenters. The summed E-state index contributed by atoms with van der Waals surface area (Å²) in [6.07, 6.45) is 0.0645. The van der Waals surface area contributed by atoms with E-state index in [2.05, 4.69) is 16.0 Å². The number of fused-ring (bicyclic) bond motifs is 1. The van der Waals surface area contributed by atoms with Crippen molar-refractivity contribution in [1.29, 1.82) is 0 Å². The van der Waals surface area contributed by atoms with Gasteiger partial charge in [0.1, 0.15) is 31.0 Å². The molecule has 3 rings (SSSR count). The van der Waals surface area contributed by atoms with Gasteiger partial charge in [0.15, 0.2) is 11.5 Å². The molecule has 2 aromatic rings. The second kappa shape index (κ2) is 15.6. The van der Waals surface area contributed by atoms with Crippen LogP contribution < -0.4 is 30.2 Å². The maximum atomic E-state index is 13.4. The summed E-state index contributed by atoms with van der Waals surface area (Å²) in [5.74, 6) is -0.311. The summed E-state index contributed by atoms with van der Waals surface area (Å²) in [6, 6.07) is 10.2. The first kappa shape index (κ1) is 32.2. The van der Waals surface area contributed by atoms with E-state index in [4.69, 9.17) is 14.2 Å². The van der Waals surface area contributed by atoms with Crippen LogP contribution >= 0.6 is 0 Å². The Morgan fingerprint density at radius 3 is 2.60 bits per heavy atom. The number of ether oxygens (including phenoxy) is 3. The van der Waals surface area contributed by atoms with Crippen LogP contribution in [0.25, 0.3) is 0 Å². The van der Waals surface area contributed by atoms with Crippen molar-refractivity contribution in [2.75, 3.05) is 40.0 Å². The molecule has 0 aliphatic carbocycles. The number of methoxy groups -OCH3 is 1. The van der Waals surface area contributed by atoms with Crippen LogP contribution in [-0.4, -0.2) is 80.6 Å². The maximum absolute atomic E-state index is 13.4. The zero-order chi connectivity index (χ0) is 30.6. The average Bonchev–Trinajstić information content (AvgIpc) is 2.96. The minimum atomic E-state index is -1.21. The number of hydrogen-bond donors (Lipinski definition) is 3. The van der Waals surface area contributed by atoms with Crippen LogP contribution in [0.2, 0.25) is 0 Å². The lowest BCUT2D eigenvalue weighted by Crippen LogP contribution is -2.53. The van der Waals surface area contributed by atoms with Gasteiger partial charge in [0, 0.05) is 6.54 Å². The predicted molar refractivity (Wildman–Crippen MR) is 158 cm³/mol. The van der Waals surface area contributed by atoms with Gasteiger partial charge in [-0.1, -0.05) is 32.0 Å². The molecule has 0 saturated carbocycles. The van der Waals surface area contributed by atoms with E-state index in [-0.39, 0.29) is 50.1 Å². The maximum Gasteiger partial charge on any atom is 0.255 e. The lowest BCUT2D eigenvalue weighted by Gasteiger charge is -2.29. The average molecular weight is 583 g/mol. The van der Waals surface area contributed by atoms with Crippen molar-refractivity contribution in [2.45, 2.75) is 52.6 Å². The molecule has 2 atom stereocenters. The van der Waals surface area contributed by atoms with E-state index >= 15 is 0 Å². The van der Waals surface area contributed by atoms with E-state index in [0.29, 0.717) is 30.2 Å². The fraction of sp³-hybridized carbons (Fsp3) is 0.484. The molecule has 1 aliphatic heterocycles. The SMILES string of the molecule is CCN1CCOc2ccccc2C(=O)N[C@H](C(=O)NCCOc2ccc(C)cc2OC)CC(=O)N[C@H](CC(C)C)C1=O.